The van der Waals surface area contributed by atoms with Crippen LogP contribution in [0.5, 0.6) is 5.75 Å². The number of hydrogen-bond donors (Lipinski definition) is 2. The molecule has 31 heavy (non-hydrogen) atoms. The average Bonchev–Trinajstić information content (AvgIpc) is 2.74. The Morgan fingerprint density at radius 3 is 2.55 bits per heavy atom. The van der Waals surface area contributed by atoms with Gasteiger partial charge in [-0.2, -0.15) is 0 Å². The largest absolute Gasteiger partial charge is 0.489 e. The van der Waals surface area contributed by atoms with Gasteiger partial charge in [0, 0.05) is 19.5 Å². The average molecular weight is 424 g/mol. The van der Waals surface area contributed by atoms with E-state index in [2.05, 4.69) is 5.32 Å². The summed E-state index contributed by atoms with van der Waals surface area (Å²) in [5, 5.41) is 10.8. The first-order valence-electron chi connectivity index (χ1n) is 9.92. The van der Waals surface area contributed by atoms with Crippen LogP contribution in [0.15, 0.2) is 48.5 Å². The van der Waals surface area contributed by atoms with Gasteiger partial charge in [-0.3, -0.25) is 19.2 Å². The molecular weight excluding hydrogens is 400 g/mol. The molecule has 3 rings (SSSR count). The van der Waals surface area contributed by atoms with Crippen LogP contribution in [0.4, 0.5) is 0 Å². The number of rotatable bonds is 8. The van der Waals surface area contributed by atoms with Crippen LogP contribution in [-0.4, -0.2) is 46.7 Å². The molecule has 1 aliphatic rings. The third kappa shape index (κ3) is 5.69. The molecule has 162 valence electrons. The Kier molecular flexibility index (Phi) is 7.02. The number of nitrogens with zero attached hydrogens (tertiary/aromatic N) is 1. The minimum absolute atomic E-state index is 0.0498. The van der Waals surface area contributed by atoms with Crippen LogP contribution in [0.1, 0.15) is 23.1 Å². The van der Waals surface area contributed by atoms with Crippen LogP contribution < -0.4 is 10.1 Å². The summed E-state index contributed by atoms with van der Waals surface area (Å²) in [6.45, 7) is 2.17. The Hall–Kier alpha value is -3.68. The maximum absolute atomic E-state index is 12.7. The first kappa shape index (κ1) is 22.0. The van der Waals surface area contributed by atoms with Gasteiger partial charge >= 0.3 is 5.97 Å². The van der Waals surface area contributed by atoms with E-state index in [0.29, 0.717) is 6.61 Å². The van der Waals surface area contributed by atoms with Gasteiger partial charge < -0.3 is 20.1 Å². The van der Waals surface area contributed by atoms with Crippen LogP contribution in [-0.2, 0) is 32.3 Å². The molecule has 0 radical (unpaired) electrons. The highest BCUT2D eigenvalue weighted by atomic mass is 16.5. The molecule has 2 aromatic rings. The minimum Gasteiger partial charge on any atom is -0.489 e. The van der Waals surface area contributed by atoms with E-state index in [1.165, 1.54) is 4.90 Å². The zero-order valence-electron chi connectivity index (χ0n) is 17.2. The number of nitrogens with one attached hydrogen (secondary N) is 1. The van der Waals surface area contributed by atoms with Crippen molar-refractivity contribution >= 4 is 23.6 Å². The zero-order chi connectivity index (χ0) is 22.4. The van der Waals surface area contributed by atoms with Crippen molar-refractivity contribution in [2.75, 3.05) is 13.1 Å². The van der Waals surface area contributed by atoms with Gasteiger partial charge in [-0.1, -0.05) is 42.5 Å². The molecule has 0 saturated carbocycles. The second-order valence-electron chi connectivity index (χ2n) is 7.39. The number of hydrogen-bond acceptors (Lipinski definition) is 5. The van der Waals surface area contributed by atoms with Crippen LogP contribution in [0, 0.1) is 12.8 Å². The number of likely N-dealkylation sites (tertiary alicyclic amines) is 1. The lowest BCUT2D eigenvalue weighted by Crippen LogP contribution is -2.52. The number of amides is 2. The van der Waals surface area contributed by atoms with Crippen LogP contribution >= 0.6 is 0 Å². The number of aliphatic carboxylic acids is 1. The van der Waals surface area contributed by atoms with Gasteiger partial charge in [-0.15, -0.1) is 0 Å². The quantitative estimate of drug-likeness (QED) is 0.624. The zero-order valence-corrected chi connectivity index (χ0v) is 17.2. The van der Waals surface area contributed by atoms with Gasteiger partial charge in [0.15, 0.2) is 11.7 Å². The predicted octanol–water partition coefficient (Wildman–Crippen LogP) is 1.69. The molecule has 1 saturated heterocycles. The number of carbonyl (C=O) groups excluding carboxylic acids is 3. The maximum Gasteiger partial charge on any atom is 0.322 e. The molecule has 1 heterocycles. The number of carboxylic acid groups (broad SMARTS) is 1. The van der Waals surface area contributed by atoms with Crippen molar-refractivity contribution in [1.82, 2.24) is 10.2 Å². The minimum atomic E-state index is -1.50. The molecular formula is C23H24N2O6. The van der Waals surface area contributed by atoms with Gasteiger partial charge in [-0.25, -0.2) is 0 Å². The van der Waals surface area contributed by atoms with Gasteiger partial charge in [0.05, 0.1) is 0 Å². The number of Topliss-reactive ketones (excluding diaryl/α,β-unsaturated/α-hetero) is 1. The number of benzene rings is 2. The summed E-state index contributed by atoms with van der Waals surface area (Å²) in [7, 11) is 0. The lowest BCUT2D eigenvalue weighted by Gasteiger charge is -2.31. The second-order valence-corrected chi connectivity index (χ2v) is 7.39. The fourth-order valence-corrected chi connectivity index (χ4v) is 3.43. The van der Waals surface area contributed by atoms with Gasteiger partial charge in [0.2, 0.25) is 11.8 Å². The Balaban J connectivity index is 1.63. The Labute approximate surface area is 179 Å². The molecule has 1 atom stereocenters. The third-order valence-corrected chi connectivity index (χ3v) is 5.03. The van der Waals surface area contributed by atoms with Crippen molar-refractivity contribution in [1.29, 1.82) is 0 Å². The lowest BCUT2D eigenvalue weighted by atomic mass is 9.94. The lowest BCUT2D eigenvalue weighted by molar-refractivity contribution is -0.152. The molecule has 1 unspecified atom stereocenters. The second kappa shape index (κ2) is 9.88. The summed E-state index contributed by atoms with van der Waals surface area (Å²) < 4.78 is 5.87. The van der Waals surface area contributed by atoms with Gasteiger partial charge in [-0.05, 0) is 29.7 Å². The standard InChI is InChI=1S/C23H24N2O6/c1-15-11-17(7-8-19(15)31-14-16-5-3-2-4-6-16)13-25-10-9-18(26)21(23(25)30)22(29)24-12-20(27)28/h2-8,11,21H,9-10,12-14H2,1H3,(H,24,29)(H,27,28). The number of carboxylic acids is 1. The summed E-state index contributed by atoms with van der Waals surface area (Å²) in [5.74, 6) is -3.98. The van der Waals surface area contributed by atoms with Crippen molar-refractivity contribution < 1.29 is 29.0 Å². The molecule has 8 nitrogen and oxygen atoms in total. The number of aryl methyl sites for hydroxylation is 1. The van der Waals surface area contributed by atoms with E-state index < -0.39 is 36.0 Å². The molecule has 8 heteroatoms. The number of piperidine rings is 1. The fourth-order valence-electron chi connectivity index (χ4n) is 3.43. The summed E-state index contributed by atoms with van der Waals surface area (Å²) in [6, 6.07) is 15.4. The van der Waals surface area contributed by atoms with E-state index in [0.717, 1.165) is 22.4 Å². The monoisotopic (exact) mass is 424 g/mol. The molecule has 2 aromatic carbocycles. The molecule has 0 bridgehead atoms. The molecule has 1 fully saturated rings. The number of carbonyl (C=O) groups is 4. The van der Waals surface area contributed by atoms with E-state index >= 15 is 0 Å². The highest BCUT2D eigenvalue weighted by Crippen LogP contribution is 2.23. The van der Waals surface area contributed by atoms with Crippen molar-refractivity contribution in [3.8, 4) is 5.75 Å². The fraction of sp³-hybridized carbons (Fsp3) is 0.304. The number of ketones is 1. The third-order valence-electron chi connectivity index (χ3n) is 5.03. The Bertz CT molecular complexity index is 989. The van der Waals surface area contributed by atoms with Crippen molar-refractivity contribution in [2.24, 2.45) is 5.92 Å². The first-order valence-corrected chi connectivity index (χ1v) is 9.92. The van der Waals surface area contributed by atoms with Gasteiger partial charge in [0.25, 0.3) is 0 Å². The van der Waals surface area contributed by atoms with E-state index in [4.69, 9.17) is 9.84 Å². The summed E-state index contributed by atoms with van der Waals surface area (Å²) in [4.78, 5) is 49.1. The summed E-state index contributed by atoms with van der Waals surface area (Å²) >= 11 is 0. The molecule has 0 aliphatic carbocycles. The predicted molar refractivity (Wildman–Crippen MR) is 111 cm³/mol. The number of ether oxygens (including phenoxy) is 1. The van der Waals surface area contributed by atoms with Crippen LogP contribution in [0.25, 0.3) is 0 Å². The Morgan fingerprint density at radius 2 is 1.87 bits per heavy atom. The molecule has 0 spiro atoms. The smallest absolute Gasteiger partial charge is 0.322 e. The normalized spacial score (nSPS) is 16.2. The summed E-state index contributed by atoms with van der Waals surface area (Å²) in [5.41, 5.74) is 2.81. The highest BCUT2D eigenvalue weighted by molar-refractivity contribution is 6.19. The van der Waals surface area contributed by atoms with Crippen molar-refractivity contribution in [3.05, 3.63) is 65.2 Å². The van der Waals surface area contributed by atoms with Gasteiger partial charge in [0.1, 0.15) is 18.9 Å². The van der Waals surface area contributed by atoms with E-state index in [1.54, 1.807) is 0 Å². The van der Waals surface area contributed by atoms with E-state index in [9.17, 15) is 19.2 Å². The molecule has 2 N–H and O–H groups in total. The first-order chi connectivity index (χ1) is 14.8. The van der Waals surface area contributed by atoms with Crippen LogP contribution in [0.2, 0.25) is 0 Å². The van der Waals surface area contributed by atoms with Crippen molar-refractivity contribution in [2.45, 2.75) is 26.5 Å². The molecule has 1 aliphatic heterocycles. The summed E-state index contributed by atoms with van der Waals surface area (Å²) in [6.07, 6.45) is 0.0498. The highest BCUT2D eigenvalue weighted by Gasteiger charge is 2.40. The SMILES string of the molecule is Cc1cc(CN2CCC(=O)C(C(=O)NCC(=O)O)C2=O)ccc1OCc1ccccc1. The van der Waals surface area contributed by atoms with Crippen LogP contribution in [0.3, 0.4) is 0 Å². The topological polar surface area (TPSA) is 113 Å². The maximum atomic E-state index is 12.7. The Morgan fingerprint density at radius 1 is 1.13 bits per heavy atom. The molecule has 2 amide bonds. The van der Waals surface area contributed by atoms with E-state index in [-0.39, 0.29) is 19.5 Å². The van der Waals surface area contributed by atoms with Crippen molar-refractivity contribution in [3.63, 3.8) is 0 Å². The molecule has 0 aromatic heterocycles. The van der Waals surface area contributed by atoms with E-state index in [1.807, 2.05) is 55.5 Å².